The fourth-order valence-corrected chi connectivity index (χ4v) is 1.59. The molecule has 4 heteroatoms. The van der Waals surface area contributed by atoms with Gasteiger partial charge in [-0.05, 0) is 19.2 Å². The summed E-state index contributed by atoms with van der Waals surface area (Å²) in [6, 6.07) is 3.05. The van der Waals surface area contributed by atoms with E-state index in [1.54, 1.807) is 13.1 Å². The molecule has 0 atom stereocenters. The van der Waals surface area contributed by atoms with Gasteiger partial charge >= 0.3 is 0 Å². The standard InChI is InChI=1S/C9H11BrFNO/c1-12-5-6-7(10)3-4-8(11)9(6)13-2/h3-4,12H,5H2,1-2H3. The monoisotopic (exact) mass is 247 g/mol. The summed E-state index contributed by atoms with van der Waals surface area (Å²) in [5.74, 6) is -0.0420. The number of ether oxygens (including phenoxy) is 1. The van der Waals surface area contributed by atoms with Gasteiger partial charge in [0.15, 0.2) is 11.6 Å². The van der Waals surface area contributed by atoms with Crippen LogP contribution >= 0.6 is 15.9 Å². The van der Waals surface area contributed by atoms with Crippen molar-refractivity contribution in [1.82, 2.24) is 5.32 Å². The van der Waals surface area contributed by atoms with Gasteiger partial charge in [-0.2, -0.15) is 0 Å². The van der Waals surface area contributed by atoms with E-state index in [0.717, 1.165) is 10.0 Å². The van der Waals surface area contributed by atoms with Crippen LogP contribution in [0, 0.1) is 5.82 Å². The number of hydrogen-bond donors (Lipinski definition) is 1. The van der Waals surface area contributed by atoms with E-state index in [9.17, 15) is 4.39 Å². The minimum Gasteiger partial charge on any atom is -0.493 e. The molecule has 0 aliphatic carbocycles. The van der Waals surface area contributed by atoms with Gasteiger partial charge in [-0.3, -0.25) is 0 Å². The first-order valence-corrected chi connectivity index (χ1v) is 4.65. The molecule has 0 amide bonds. The van der Waals surface area contributed by atoms with Gasteiger partial charge in [0, 0.05) is 16.6 Å². The molecule has 72 valence electrons. The van der Waals surface area contributed by atoms with Crippen LogP contribution in [0.1, 0.15) is 5.56 Å². The van der Waals surface area contributed by atoms with Gasteiger partial charge in [-0.15, -0.1) is 0 Å². The fourth-order valence-electron chi connectivity index (χ4n) is 1.14. The number of hydrogen-bond acceptors (Lipinski definition) is 2. The lowest BCUT2D eigenvalue weighted by Gasteiger charge is -2.10. The molecule has 0 aliphatic heterocycles. The van der Waals surface area contributed by atoms with Crippen molar-refractivity contribution in [2.75, 3.05) is 14.2 Å². The molecule has 1 N–H and O–H groups in total. The molecule has 1 aromatic carbocycles. The normalized spacial score (nSPS) is 10.2. The number of rotatable bonds is 3. The second-order valence-electron chi connectivity index (χ2n) is 2.57. The largest absolute Gasteiger partial charge is 0.493 e. The average Bonchev–Trinajstić information content (AvgIpc) is 2.12. The van der Waals surface area contributed by atoms with Gasteiger partial charge in [0.05, 0.1) is 7.11 Å². The molecule has 0 bridgehead atoms. The Morgan fingerprint density at radius 2 is 2.23 bits per heavy atom. The molecule has 0 radical (unpaired) electrons. The Morgan fingerprint density at radius 3 is 2.77 bits per heavy atom. The molecular formula is C9H11BrFNO. The zero-order valence-electron chi connectivity index (χ0n) is 7.53. The van der Waals surface area contributed by atoms with Crippen LogP contribution in [0.5, 0.6) is 5.75 Å². The lowest BCUT2D eigenvalue weighted by atomic mass is 10.2. The second kappa shape index (κ2) is 4.58. The summed E-state index contributed by atoms with van der Waals surface area (Å²) >= 11 is 3.34. The molecule has 0 spiro atoms. The Hall–Kier alpha value is -0.610. The predicted molar refractivity (Wildman–Crippen MR) is 53.4 cm³/mol. The molecule has 1 rings (SSSR count). The zero-order valence-corrected chi connectivity index (χ0v) is 9.11. The van der Waals surface area contributed by atoms with Crippen LogP contribution in [-0.4, -0.2) is 14.2 Å². The third-order valence-electron chi connectivity index (χ3n) is 1.71. The Balaban J connectivity index is 3.18. The van der Waals surface area contributed by atoms with Gasteiger partial charge in [-0.25, -0.2) is 4.39 Å². The third-order valence-corrected chi connectivity index (χ3v) is 2.46. The summed E-state index contributed by atoms with van der Waals surface area (Å²) in [4.78, 5) is 0. The highest BCUT2D eigenvalue weighted by Gasteiger charge is 2.11. The van der Waals surface area contributed by atoms with Gasteiger partial charge < -0.3 is 10.1 Å². The molecule has 0 aliphatic rings. The Morgan fingerprint density at radius 1 is 1.54 bits per heavy atom. The second-order valence-corrected chi connectivity index (χ2v) is 3.43. The number of benzene rings is 1. The minimum atomic E-state index is -0.337. The van der Waals surface area contributed by atoms with Crippen molar-refractivity contribution in [3.63, 3.8) is 0 Å². The summed E-state index contributed by atoms with van der Waals surface area (Å²) in [6.07, 6.45) is 0. The molecule has 13 heavy (non-hydrogen) atoms. The maximum absolute atomic E-state index is 13.2. The van der Waals surface area contributed by atoms with Crippen molar-refractivity contribution in [2.45, 2.75) is 6.54 Å². The first-order valence-electron chi connectivity index (χ1n) is 3.86. The van der Waals surface area contributed by atoms with Gasteiger partial charge in [0.25, 0.3) is 0 Å². The first-order chi connectivity index (χ1) is 6.20. The number of halogens is 2. The van der Waals surface area contributed by atoms with E-state index in [1.165, 1.54) is 13.2 Å². The highest BCUT2D eigenvalue weighted by atomic mass is 79.9. The molecule has 0 saturated carbocycles. The molecule has 0 saturated heterocycles. The van der Waals surface area contributed by atoms with Crippen LogP contribution in [0.3, 0.4) is 0 Å². The number of methoxy groups -OCH3 is 1. The van der Waals surface area contributed by atoms with Gasteiger partial charge in [0.1, 0.15) is 0 Å². The topological polar surface area (TPSA) is 21.3 Å². The molecule has 0 unspecified atom stereocenters. The predicted octanol–water partition coefficient (Wildman–Crippen LogP) is 2.32. The summed E-state index contributed by atoms with van der Waals surface area (Å²) in [5.41, 5.74) is 0.796. The van der Waals surface area contributed by atoms with Crippen molar-refractivity contribution in [1.29, 1.82) is 0 Å². The van der Waals surface area contributed by atoms with Crippen molar-refractivity contribution in [2.24, 2.45) is 0 Å². The Kier molecular flexibility index (Phi) is 3.69. The van der Waals surface area contributed by atoms with Crippen LogP contribution in [0.2, 0.25) is 0 Å². The minimum absolute atomic E-state index is 0.295. The SMILES string of the molecule is CNCc1c(Br)ccc(F)c1OC. The molecule has 0 fully saturated rings. The van der Waals surface area contributed by atoms with Crippen molar-refractivity contribution < 1.29 is 9.13 Å². The van der Waals surface area contributed by atoms with E-state index in [-0.39, 0.29) is 5.82 Å². The van der Waals surface area contributed by atoms with Crippen LogP contribution in [0.25, 0.3) is 0 Å². The van der Waals surface area contributed by atoms with E-state index in [1.807, 2.05) is 0 Å². The highest BCUT2D eigenvalue weighted by Crippen LogP contribution is 2.29. The summed E-state index contributed by atoms with van der Waals surface area (Å²) in [5, 5.41) is 2.95. The number of nitrogens with one attached hydrogen (secondary N) is 1. The molecule has 0 aromatic heterocycles. The van der Waals surface area contributed by atoms with E-state index < -0.39 is 0 Å². The van der Waals surface area contributed by atoms with E-state index in [2.05, 4.69) is 21.2 Å². The molecule has 2 nitrogen and oxygen atoms in total. The zero-order chi connectivity index (χ0) is 9.84. The lowest BCUT2D eigenvalue weighted by Crippen LogP contribution is -2.08. The summed E-state index contributed by atoms with van der Waals surface area (Å²) < 4.78 is 19.0. The van der Waals surface area contributed by atoms with Crippen LogP contribution < -0.4 is 10.1 Å². The van der Waals surface area contributed by atoms with Crippen LogP contribution in [0.15, 0.2) is 16.6 Å². The maximum atomic E-state index is 13.2. The van der Waals surface area contributed by atoms with Crippen molar-refractivity contribution in [3.05, 3.63) is 28.0 Å². The molecule has 1 aromatic rings. The lowest BCUT2D eigenvalue weighted by molar-refractivity contribution is 0.380. The Bertz CT molecular complexity index is 304. The van der Waals surface area contributed by atoms with E-state index >= 15 is 0 Å². The first kappa shape index (κ1) is 10.5. The maximum Gasteiger partial charge on any atom is 0.165 e. The highest BCUT2D eigenvalue weighted by molar-refractivity contribution is 9.10. The summed E-state index contributed by atoms with van der Waals surface area (Å²) in [7, 11) is 3.26. The molecule has 0 heterocycles. The quantitative estimate of drug-likeness (QED) is 0.886. The fraction of sp³-hybridized carbons (Fsp3) is 0.333. The van der Waals surface area contributed by atoms with Gasteiger partial charge in [-0.1, -0.05) is 15.9 Å². The van der Waals surface area contributed by atoms with Crippen LogP contribution in [0.4, 0.5) is 4.39 Å². The van der Waals surface area contributed by atoms with Crippen molar-refractivity contribution >= 4 is 15.9 Å². The third kappa shape index (κ3) is 2.19. The average molecular weight is 248 g/mol. The smallest absolute Gasteiger partial charge is 0.165 e. The van der Waals surface area contributed by atoms with Crippen molar-refractivity contribution in [3.8, 4) is 5.75 Å². The molecular weight excluding hydrogens is 237 g/mol. The van der Waals surface area contributed by atoms with Gasteiger partial charge in [0.2, 0.25) is 0 Å². The summed E-state index contributed by atoms with van der Waals surface area (Å²) in [6.45, 7) is 0.571. The van der Waals surface area contributed by atoms with E-state index in [0.29, 0.717) is 12.3 Å². The van der Waals surface area contributed by atoms with E-state index in [4.69, 9.17) is 4.74 Å². The Labute approximate surface area is 85.2 Å². The van der Waals surface area contributed by atoms with Crippen LogP contribution in [-0.2, 0) is 6.54 Å².